The lowest BCUT2D eigenvalue weighted by molar-refractivity contribution is -0.122. The van der Waals surface area contributed by atoms with Gasteiger partial charge in [0, 0.05) is 18.3 Å². The number of nitrogens with one attached hydrogen (secondary N) is 2. The van der Waals surface area contributed by atoms with Crippen LogP contribution in [0, 0.1) is 0 Å². The van der Waals surface area contributed by atoms with Crippen molar-refractivity contribution in [1.82, 2.24) is 0 Å². The third-order valence-electron chi connectivity index (χ3n) is 3.46. The summed E-state index contributed by atoms with van der Waals surface area (Å²) in [5.74, 6) is 0.238. The van der Waals surface area contributed by atoms with Crippen LogP contribution in [0.3, 0.4) is 0 Å². The molecule has 24 heavy (non-hydrogen) atoms. The molecule has 2 N–H and O–H groups in total. The van der Waals surface area contributed by atoms with Crippen molar-refractivity contribution in [3.63, 3.8) is 0 Å². The number of carbonyl (C=O) groups is 2. The first kappa shape index (κ1) is 17.5. The highest BCUT2D eigenvalue weighted by molar-refractivity contribution is 5.95. The Hall–Kier alpha value is -2.82. The fourth-order valence-electron chi connectivity index (χ4n) is 2.18. The van der Waals surface area contributed by atoms with Gasteiger partial charge in [-0.2, -0.15) is 0 Å². The van der Waals surface area contributed by atoms with Crippen molar-refractivity contribution in [2.24, 2.45) is 0 Å². The normalized spacial score (nSPS) is 11.5. The summed E-state index contributed by atoms with van der Waals surface area (Å²) < 4.78 is 5.66. The zero-order chi connectivity index (χ0) is 17.5. The molecule has 0 fully saturated rings. The predicted molar refractivity (Wildman–Crippen MR) is 95.3 cm³/mol. The number of hydrogen-bond acceptors (Lipinski definition) is 3. The second-order valence-corrected chi connectivity index (χ2v) is 5.51. The molecule has 0 saturated carbocycles. The number of amides is 2. The molecule has 0 aromatic heterocycles. The highest BCUT2D eigenvalue weighted by Gasteiger charge is 2.15. The smallest absolute Gasteiger partial charge is 0.265 e. The van der Waals surface area contributed by atoms with E-state index in [9.17, 15) is 9.59 Å². The van der Waals surface area contributed by atoms with Crippen LogP contribution < -0.4 is 15.4 Å². The quantitative estimate of drug-likeness (QED) is 0.852. The van der Waals surface area contributed by atoms with E-state index in [2.05, 4.69) is 17.6 Å². The number of ether oxygens (including phenoxy) is 1. The fraction of sp³-hybridized carbons (Fsp3) is 0.263. The van der Waals surface area contributed by atoms with Crippen molar-refractivity contribution in [2.45, 2.75) is 33.3 Å². The summed E-state index contributed by atoms with van der Waals surface area (Å²) in [6, 6.07) is 14.7. The molecule has 126 valence electrons. The number of rotatable bonds is 6. The molecule has 0 saturated heterocycles. The zero-order valence-corrected chi connectivity index (χ0v) is 14.1. The summed E-state index contributed by atoms with van der Waals surface area (Å²) in [7, 11) is 0. The van der Waals surface area contributed by atoms with Crippen molar-refractivity contribution in [2.75, 3.05) is 10.6 Å². The van der Waals surface area contributed by atoms with Gasteiger partial charge in [-0.25, -0.2) is 0 Å². The molecular formula is C19H22N2O3. The summed E-state index contributed by atoms with van der Waals surface area (Å²) in [5, 5.41) is 5.46. The fourth-order valence-corrected chi connectivity index (χ4v) is 2.18. The highest BCUT2D eigenvalue weighted by atomic mass is 16.5. The van der Waals surface area contributed by atoms with Gasteiger partial charge in [0.25, 0.3) is 5.91 Å². The van der Waals surface area contributed by atoms with Gasteiger partial charge in [0.1, 0.15) is 5.75 Å². The lowest BCUT2D eigenvalue weighted by Gasteiger charge is -2.15. The molecule has 0 bridgehead atoms. The van der Waals surface area contributed by atoms with Gasteiger partial charge in [0.2, 0.25) is 5.91 Å². The van der Waals surface area contributed by atoms with E-state index in [1.807, 2.05) is 24.3 Å². The molecule has 5 nitrogen and oxygen atoms in total. The molecule has 0 heterocycles. The summed E-state index contributed by atoms with van der Waals surface area (Å²) in [6.07, 6.45) is 0.322. The van der Waals surface area contributed by atoms with E-state index < -0.39 is 6.10 Å². The summed E-state index contributed by atoms with van der Waals surface area (Å²) >= 11 is 0. The molecule has 0 unspecified atom stereocenters. The van der Waals surface area contributed by atoms with Crippen molar-refractivity contribution in [3.05, 3.63) is 54.1 Å². The van der Waals surface area contributed by atoms with Crippen LogP contribution >= 0.6 is 0 Å². The first-order valence-electron chi connectivity index (χ1n) is 7.92. The molecule has 2 aromatic rings. The van der Waals surface area contributed by atoms with Gasteiger partial charge in [-0.3, -0.25) is 9.59 Å². The van der Waals surface area contributed by atoms with Gasteiger partial charge in [-0.05, 0) is 49.2 Å². The molecule has 5 heteroatoms. The van der Waals surface area contributed by atoms with E-state index >= 15 is 0 Å². The van der Waals surface area contributed by atoms with Gasteiger partial charge in [0.15, 0.2) is 6.10 Å². The average molecular weight is 326 g/mol. The van der Waals surface area contributed by atoms with Crippen LogP contribution in [0.2, 0.25) is 0 Å². The van der Waals surface area contributed by atoms with Crippen molar-refractivity contribution in [3.8, 4) is 5.75 Å². The minimum atomic E-state index is -0.637. The third kappa shape index (κ3) is 5.12. The highest BCUT2D eigenvalue weighted by Crippen LogP contribution is 2.17. The molecule has 2 rings (SSSR count). The van der Waals surface area contributed by atoms with E-state index in [1.165, 1.54) is 12.5 Å². The molecule has 0 aliphatic carbocycles. The number of benzene rings is 2. The van der Waals surface area contributed by atoms with E-state index in [0.717, 1.165) is 6.42 Å². The maximum atomic E-state index is 12.2. The molecular weight excluding hydrogens is 304 g/mol. The summed E-state index contributed by atoms with van der Waals surface area (Å²) in [4.78, 5) is 23.3. The van der Waals surface area contributed by atoms with E-state index in [0.29, 0.717) is 17.1 Å². The second-order valence-electron chi connectivity index (χ2n) is 5.51. The number of hydrogen-bond donors (Lipinski definition) is 2. The molecule has 0 aliphatic rings. The lowest BCUT2D eigenvalue weighted by Crippen LogP contribution is -2.30. The Morgan fingerprint density at radius 1 is 1.04 bits per heavy atom. The molecule has 2 aromatic carbocycles. The Balaban J connectivity index is 1.96. The lowest BCUT2D eigenvalue weighted by atomic mass is 10.2. The van der Waals surface area contributed by atoms with E-state index in [4.69, 9.17) is 4.74 Å². The van der Waals surface area contributed by atoms with Crippen molar-refractivity contribution < 1.29 is 14.3 Å². The second kappa shape index (κ2) is 8.15. The molecule has 2 amide bonds. The Morgan fingerprint density at radius 3 is 2.25 bits per heavy atom. The van der Waals surface area contributed by atoms with Gasteiger partial charge >= 0.3 is 0 Å². The molecule has 0 aliphatic heterocycles. The third-order valence-corrected chi connectivity index (χ3v) is 3.46. The van der Waals surface area contributed by atoms with Gasteiger partial charge < -0.3 is 15.4 Å². The minimum Gasteiger partial charge on any atom is -0.481 e. The van der Waals surface area contributed by atoms with Crippen molar-refractivity contribution in [1.29, 1.82) is 0 Å². The van der Waals surface area contributed by atoms with Crippen molar-refractivity contribution >= 4 is 23.2 Å². The molecule has 0 spiro atoms. The topological polar surface area (TPSA) is 67.4 Å². The standard InChI is InChI=1S/C19H22N2O3/c1-4-15-8-10-18(11-9-15)24-13(2)19(23)21-17-7-5-6-16(12-17)20-14(3)22/h5-13H,4H2,1-3H3,(H,20,22)(H,21,23)/t13-/m1/s1. The Bertz CT molecular complexity index is 711. The average Bonchev–Trinajstić information content (AvgIpc) is 2.55. The van der Waals surface area contributed by atoms with E-state index in [-0.39, 0.29) is 11.8 Å². The minimum absolute atomic E-state index is 0.161. The zero-order valence-electron chi connectivity index (χ0n) is 14.1. The van der Waals surface area contributed by atoms with Gasteiger partial charge in [0.05, 0.1) is 0 Å². The van der Waals surface area contributed by atoms with Crippen LogP contribution in [0.25, 0.3) is 0 Å². The van der Waals surface area contributed by atoms with Crippen LogP contribution in [0.15, 0.2) is 48.5 Å². The summed E-state index contributed by atoms with van der Waals surface area (Å²) in [6.45, 7) is 5.22. The largest absolute Gasteiger partial charge is 0.481 e. The Kier molecular flexibility index (Phi) is 5.95. The first-order valence-corrected chi connectivity index (χ1v) is 7.92. The SMILES string of the molecule is CCc1ccc(O[C@H](C)C(=O)Nc2cccc(NC(C)=O)c2)cc1. The first-order chi connectivity index (χ1) is 11.5. The van der Waals surface area contributed by atoms with Crippen LogP contribution in [0.4, 0.5) is 11.4 Å². The van der Waals surface area contributed by atoms with Gasteiger partial charge in [-0.15, -0.1) is 0 Å². The number of aryl methyl sites for hydroxylation is 1. The number of anilines is 2. The van der Waals surface area contributed by atoms with Crippen LogP contribution in [-0.2, 0) is 16.0 Å². The van der Waals surface area contributed by atoms with E-state index in [1.54, 1.807) is 31.2 Å². The Labute approximate surface area is 142 Å². The maximum Gasteiger partial charge on any atom is 0.265 e. The number of carbonyl (C=O) groups excluding carboxylic acids is 2. The monoisotopic (exact) mass is 326 g/mol. The Morgan fingerprint density at radius 2 is 1.67 bits per heavy atom. The van der Waals surface area contributed by atoms with Crippen LogP contribution in [0.5, 0.6) is 5.75 Å². The maximum absolute atomic E-state index is 12.2. The van der Waals surface area contributed by atoms with Crippen LogP contribution in [-0.4, -0.2) is 17.9 Å². The van der Waals surface area contributed by atoms with Crippen LogP contribution in [0.1, 0.15) is 26.3 Å². The predicted octanol–water partition coefficient (Wildman–Crippen LogP) is 3.61. The summed E-state index contributed by atoms with van der Waals surface area (Å²) in [5.41, 5.74) is 2.45. The van der Waals surface area contributed by atoms with Gasteiger partial charge in [-0.1, -0.05) is 25.1 Å². The molecule has 1 atom stereocenters. The molecule has 0 radical (unpaired) electrons.